The lowest BCUT2D eigenvalue weighted by atomic mass is 10.1. The van der Waals surface area contributed by atoms with E-state index in [9.17, 15) is 24.6 Å². The van der Waals surface area contributed by atoms with Crippen LogP contribution in [0.1, 0.15) is 11.1 Å². The van der Waals surface area contributed by atoms with Crippen molar-refractivity contribution in [1.29, 1.82) is 5.26 Å². The number of carbonyl (C=O) groups is 1. The van der Waals surface area contributed by atoms with Crippen molar-refractivity contribution < 1.29 is 18.8 Å². The van der Waals surface area contributed by atoms with Crippen molar-refractivity contribution in [1.82, 2.24) is 0 Å². The lowest BCUT2D eigenvalue weighted by Crippen LogP contribution is -2.14. The predicted molar refractivity (Wildman–Crippen MR) is 112 cm³/mol. The van der Waals surface area contributed by atoms with Gasteiger partial charge >= 0.3 is 0 Å². The van der Waals surface area contributed by atoms with Crippen molar-refractivity contribution in [2.75, 3.05) is 5.32 Å². The first-order valence-corrected chi connectivity index (χ1v) is 9.10. The highest BCUT2D eigenvalue weighted by Gasteiger charge is 2.15. The highest BCUT2D eigenvalue weighted by atomic mass is 19.1. The monoisotopic (exact) mass is 417 g/mol. The van der Waals surface area contributed by atoms with Crippen LogP contribution >= 0.6 is 0 Å². The number of benzene rings is 3. The van der Waals surface area contributed by atoms with E-state index in [4.69, 9.17) is 4.74 Å². The molecule has 31 heavy (non-hydrogen) atoms. The van der Waals surface area contributed by atoms with Crippen molar-refractivity contribution >= 4 is 23.4 Å². The topological polar surface area (TPSA) is 105 Å². The van der Waals surface area contributed by atoms with Crippen LogP contribution in [-0.4, -0.2) is 10.8 Å². The molecule has 0 saturated carbocycles. The number of halogens is 1. The van der Waals surface area contributed by atoms with E-state index in [-0.39, 0.29) is 16.9 Å². The summed E-state index contributed by atoms with van der Waals surface area (Å²) < 4.78 is 19.6. The smallest absolute Gasteiger partial charge is 0.271 e. The van der Waals surface area contributed by atoms with E-state index in [1.165, 1.54) is 6.08 Å². The molecule has 0 aliphatic heterocycles. The molecule has 0 atom stereocenters. The lowest BCUT2D eigenvalue weighted by molar-refractivity contribution is -0.384. The van der Waals surface area contributed by atoms with Gasteiger partial charge in [0.2, 0.25) is 0 Å². The van der Waals surface area contributed by atoms with E-state index in [1.807, 2.05) is 30.3 Å². The zero-order valence-corrected chi connectivity index (χ0v) is 16.1. The SMILES string of the molecule is N#CC(=Cc1ccc(OCc2ccccc2)cc1)C(=O)Nc1cc([N+](=O)[O-])ccc1F. The molecule has 3 aromatic carbocycles. The minimum atomic E-state index is -0.883. The highest BCUT2D eigenvalue weighted by molar-refractivity contribution is 6.09. The van der Waals surface area contributed by atoms with Gasteiger partial charge in [-0.25, -0.2) is 4.39 Å². The quantitative estimate of drug-likeness (QED) is 0.256. The Hall–Kier alpha value is -4.51. The van der Waals surface area contributed by atoms with Crippen molar-refractivity contribution in [2.45, 2.75) is 6.61 Å². The van der Waals surface area contributed by atoms with Crippen LogP contribution in [0.15, 0.2) is 78.4 Å². The standard InChI is InChI=1S/C23H16FN3O4/c24-21-11-8-19(27(29)30)13-22(21)26-23(28)18(14-25)12-16-6-9-20(10-7-16)31-15-17-4-2-1-3-5-17/h1-13H,15H2,(H,26,28). The summed E-state index contributed by atoms with van der Waals surface area (Å²) in [4.78, 5) is 22.5. The minimum absolute atomic E-state index is 0.288. The summed E-state index contributed by atoms with van der Waals surface area (Å²) in [6.45, 7) is 0.399. The Morgan fingerprint density at radius 2 is 1.84 bits per heavy atom. The van der Waals surface area contributed by atoms with Gasteiger partial charge in [-0.15, -0.1) is 0 Å². The van der Waals surface area contributed by atoms with E-state index in [1.54, 1.807) is 30.3 Å². The van der Waals surface area contributed by atoms with Crippen molar-refractivity contribution in [3.8, 4) is 11.8 Å². The molecule has 0 heterocycles. The van der Waals surface area contributed by atoms with Crippen LogP contribution in [0.4, 0.5) is 15.8 Å². The molecule has 3 aromatic rings. The fraction of sp³-hybridized carbons (Fsp3) is 0.0435. The summed E-state index contributed by atoms with van der Waals surface area (Å²) >= 11 is 0. The number of anilines is 1. The number of nitrogens with zero attached hydrogens (tertiary/aromatic N) is 2. The molecule has 0 bridgehead atoms. The molecule has 0 spiro atoms. The third kappa shape index (κ3) is 5.74. The summed E-state index contributed by atoms with van der Waals surface area (Å²) in [6.07, 6.45) is 1.32. The molecule has 1 amide bonds. The van der Waals surface area contributed by atoms with Gasteiger partial charge in [-0.1, -0.05) is 42.5 Å². The van der Waals surface area contributed by atoms with Gasteiger partial charge in [-0.2, -0.15) is 5.26 Å². The summed E-state index contributed by atoms with van der Waals surface area (Å²) in [5.74, 6) is -1.12. The van der Waals surface area contributed by atoms with Crippen LogP contribution in [0, 0.1) is 27.3 Å². The molecule has 154 valence electrons. The number of hydrogen-bond acceptors (Lipinski definition) is 5. The Balaban J connectivity index is 1.69. The molecule has 0 saturated heterocycles. The molecule has 3 rings (SSSR count). The first-order valence-electron chi connectivity index (χ1n) is 9.10. The first-order chi connectivity index (χ1) is 15.0. The van der Waals surface area contributed by atoms with Gasteiger partial charge in [-0.05, 0) is 35.4 Å². The molecule has 7 nitrogen and oxygen atoms in total. The molecular weight excluding hydrogens is 401 g/mol. The Morgan fingerprint density at radius 1 is 1.13 bits per heavy atom. The molecular formula is C23H16FN3O4. The van der Waals surface area contributed by atoms with Crippen molar-refractivity contribution in [3.05, 3.63) is 105 Å². The summed E-state index contributed by atoms with van der Waals surface area (Å²) in [5, 5.41) is 22.3. The van der Waals surface area contributed by atoms with Gasteiger partial charge in [0.25, 0.3) is 11.6 Å². The van der Waals surface area contributed by atoms with Crippen LogP contribution in [-0.2, 0) is 11.4 Å². The van der Waals surface area contributed by atoms with Crippen LogP contribution in [0.2, 0.25) is 0 Å². The maximum atomic E-state index is 13.9. The number of amides is 1. The van der Waals surface area contributed by atoms with E-state index >= 15 is 0 Å². The van der Waals surface area contributed by atoms with Crippen LogP contribution in [0.3, 0.4) is 0 Å². The molecule has 1 N–H and O–H groups in total. The second-order valence-corrected chi connectivity index (χ2v) is 6.39. The summed E-state index contributed by atoms with van der Waals surface area (Å²) in [5.41, 5.74) is 0.515. The largest absolute Gasteiger partial charge is 0.489 e. The van der Waals surface area contributed by atoms with Gasteiger partial charge in [0, 0.05) is 12.1 Å². The average molecular weight is 417 g/mol. The lowest BCUT2D eigenvalue weighted by Gasteiger charge is -2.07. The Morgan fingerprint density at radius 3 is 2.48 bits per heavy atom. The van der Waals surface area contributed by atoms with Crippen molar-refractivity contribution in [3.63, 3.8) is 0 Å². The number of ether oxygens (including phenoxy) is 1. The highest BCUT2D eigenvalue weighted by Crippen LogP contribution is 2.22. The summed E-state index contributed by atoms with van der Waals surface area (Å²) in [7, 11) is 0. The number of carbonyl (C=O) groups excluding carboxylic acids is 1. The van der Waals surface area contributed by atoms with E-state index in [2.05, 4.69) is 5.32 Å². The maximum Gasteiger partial charge on any atom is 0.271 e. The van der Waals surface area contributed by atoms with Gasteiger partial charge < -0.3 is 10.1 Å². The zero-order valence-electron chi connectivity index (χ0n) is 16.1. The fourth-order valence-electron chi connectivity index (χ4n) is 2.63. The molecule has 0 aliphatic rings. The van der Waals surface area contributed by atoms with Gasteiger partial charge in [0.1, 0.15) is 29.8 Å². The molecule has 0 unspecified atom stereocenters. The van der Waals surface area contributed by atoms with Crippen molar-refractivity contribution in [2.24, 2.45) is 0 Å². The molecule has 0 aliphatic carbocycles. The third-order valence-corrected chi connectivity index (χ3v) is 4.21. The Kier molecular flexibility index (Phi) is 6.71. The zero-order chi connectivity index (χ0) is 22.2. The molecule has 0 aromatic heterocycles. The van der Waals surface area contributed by atoms with E-state index in [0.717, 1.165) is 23.8 Å². The second-order valence-electron chi connectivity index (χ2n) is 6.39. The number of nitro groups is 1. The predicted octanol–water partition coefficient (Wildman–Crippen LogP) is 4.86. The van der Waals surface area contributed by atoms with Crippen LogP contribution in [0.25, 0.3) is 6.08 Å². The fourth-order valence-corrected chi connectivity index (χ4v) is 2.63. The Bertz CT molecular complexity index is 1170. The van der Waals surface area contributed by atoms with Crippen LogP contribution in [0.5, 0.6) is 5.75 Å². The number of hydrogen-bond donors (Lipinski definition) is 1. The third-order valence-electron chi connectivity index (χ3n) is 4.21. The average Bonchev–Trinajstić information content (AvgIpc) is 2.78. The number of nitriles is 1. The first kappa shape index (κ1) is 21.2. The minimum Gasteiger partial charge on any atom is -0.489 e. The normalized spacial score (nSPS) is 10.8. The van der Waals surface area contributed by atoms with E-state index in [0.29, 0.717) is 17.9 Å². The second kappa shape index (κ2) is 9.80. The number of nitro benzene ring substituents is 1. The number of rotatable bonds is 7. The summed E-state index contributed by atoms with van der Waals surface area (Å²) in [6, 6.07) is 20.9. The van der Waals surface area contributed by atoms with Gasteiger partial charge in [0.15, 0.2) is 0 Å². The number of non-ortho nitro benzene ring substituents is 1. The molecule has 8 heteroatoms. The number of nitrogens with one attached hydrogen (secondary N) is 1. The van der Waals surface area contributed by atoms with Gasteiger partial charge in [0.05, 0.1) is 10.6 Å². The van der Waals surface area contributed by atoms with Gasteiger partial charge in [-0.3, -0.25) is 14.9 Å². The Labute approximate surface area is 177 Å². The molecule has 0 fully saturated rings. The maximum absolute atomic E-state index is 13.9. The van der Waals surface area contributed by atoms with Crippen LogP contribution < -0.4 is 10.1 Å². The van der Waals surface area contributed by atoms with E-state index < -0.39 is 16.6 Å². The molecule has 0 radical (unpaired) electrons.